The van der Waals surface area contributed by atoms with Crippen molar-refractivity contribution in [3.05, 3.63) is 35.4 Å². The third-order valence-electron chi connectivity index (χ3n) is 3.43. The van der Waals surface area contributed by atoms with Crippen LogP contribution in [-0.2, 0) is 19.9 Å². The highest BCUT2D eigenvalue weighted by atomic mass is 16.2. The number of benzene rings is 1. The fourth-order valence-corrected chi connectivity index (χ4v) is 2.10. The summed E-state index contributed by atoms with van der Waals surface area (Å²) in [7, 11) is 0. The molecule has 21 heavy (non-hydrogen) atoms. The van der Waals surface area contributed by atoms with E-state index in [0.29, 0.717) is 25.5 Å². The van der Waals surface area contributed by atoms with E-state index >= 15 is 0 Å². The first-order valence-electron chi connectivity index (χ1n) is 7.21. The number of unbranched alkanes of at least 4 members (excludes halogenated alkanes) is 1. The molecule has 0 saturated carbocycles. The van der Waals surface area contributed by atoms with Gasteiger partial charge in [-0.05, 0) is 39.2 Å². The van der Waals surface area contributed by atoms with Crippen LogP contribution in [0.25, 0.3) is 0 Å². The second-order valence-electron chi connectivity index (χ2n) is 5.83. The van der Waals surface area contributed by atoms with Crippen molar-refractivity contribution < 1.29 is 14.4 Å². The maximum absolute atomic E-state index is 11.9. The Bertz CT molecular complexity index is 503. The minimum Gasteiger partial charge on any atom is -0.347 e. The second-order valence-corrected chi connectivity index (χ2v) is 5.83. The number of hydrogen-bond acceptors (Lipinski definition) is 3. The third-order valence-corrected chi connectivity index (χ3v) is 3.43. The quantitative estimate of drug-likeness (QED) is 0.454. The maximum atomic E-state index is 11.9. The van der Waals surface area contributed by atoms with Gasteiger partial charge in [0.15, 0.2) is 12.1 Å². The van der Waals surface area contributed by atoms with Gasteiger partial charge in [0, 0.05) is 12.8 Å². The molecule has 0 aliphatic rings. The number of amides is 1. The first-order chi connectivity index (χ1) is 9.85. The van der Waals surface area contributed by atoms with Crippen LogP contribution in [0.5, 0.6) is 0 Å². The van der Waals surface area contributed by atoms with Crippen LogP contribution >= 0.6 is 0 Å². The van der Waals surface area contributed by atoms with Gasteiger partial charge < -0.3 is 5.32 Å². The lowest BCUT2D eigenvalue weighted by Crippen LogP contribution is -2.40. The van der Waals surface area contributed by atoms with Gasteiger partial charge in [0.25, 0.3) is 0 Å². The molecule has 1 N–H and O–H groups in total. The Hall–Kier alpha value is -1.97. The normalized spacial score (nSPS) is 11.0. The van der Waals surface area contributed by atoms with Gasteiger partial charge in [0.05, 0.1) is 5.54 Å². The maximum Gasteiger partial charge on any atom is 0.220 e. The van der Waals surface area contributed by atoms with Crippen LogP contribution < -0.4 is 5.32 Å². The van der Waals surface area contributed by atoms with Gasteiger partial charge in [-0.15, -0.1) is 0 Å². The van der Waals surface area contributed by atoms with Crippen LogP contribution in [0.15, 0.2) is 24.3 Å². The number of rotatable bonds is 8. The fourth-order valence-electron chi connectivity index (χ4n) is 2.10. The van der Waals surface area contributed by atoms with E-state index in [1.807, 2.05) is 45.0 Å². The largest absolute Gasteiger partial charge is 0.347 e. The molecular formula is C17H23NO3. The predicted molar refractivity (Wildman–Crippen MR) is 81.9 cm³/mol. The number of nitrogens with one attached hydrogen (secondary N) is 1. The van der Waals surface area contributed by atoms with Crippen molar-refractivity contribution in [3.63, 3.8) is 0 Å². The summed E-state index contributed by atoms with van der Waals surface area (Å²) in [5, 5.41) is 3.00. The Morgan fingerprint density at radius 2 is 1.67 bits per heavy atom. The summed E-state index contributed by atoms with van der Waals surface area (Å²) in [4.78, 5) is 32.9. The molecule has 0 atom stereocenters. The van der Waals surface area contributed by atoms with Crippen LogP contribution in [-0.4, -0.2) is 18.0 Å². The summed E-state index contributed by atoms with van der Waals surface area (Å²) in [5.74, 6) is -0.450. The van der Waals surface area contributed by atoms with E-state index < -0.39 is 11.3 Å². The second kappa shape index (κ2) is 7.72. The molecule has 0 heterocycles. The zero-order chi connectivity index (χ0) is 15.9. The van der Waals surface area contributed by atoms with Gasteiger partial charge in [-0.3, -0.25) is 14.4 Å². The van der Waals surface area contributed by atoms with E-state index in [4.69, 9.17) is 0 Å². The van der Waals surface area contributed by atoms with Crippen LogP contribution in [0.4, 0.5) is 0 Å². The number of carbonyl (C=O) groups excluding carboxylic acids is 3. The molecule has 0 aromatic heterocycles. The Balaban J connectivity index is 2.44. The Labute approximate surface area is 125 Å². The standard InChI is InChI=1S/C17H23NO3/c1-13-8-10-14(11-9-13)17(2,3)18-16(21)7-5-4-6-15(20)12-19/h8-12H,4-7H2,1-3H3,(H,18,21). The molecule has 0 aliphatic heterocycles. The molecule has 0 spiro atoms. The average molecular weight is 289 g/mol. The van der Waals surface area contributed by atoms with E-state index in [1.165, 1.54) is 5.56 Å². The molecule has 1 amide bonds. The van der Waals surface area contributed by atoms with Crippen molar-refractivity contribution in [3.8, 4) is 0 Å². The Morgan fingerprint density at radius 1 is 1.10 bits per heavy atom. The SMILES string of the molecule is Cc1ccc(C(C)(C)NC(=O)CCCCC(=O)C=O)cc1. The summed E-state index contributed by atoms with van der Waals surface area (Å²) in [6.45, 7) is 5.95. The Morgan fingerprint density at radius 3 is 2.24 bits per heavy atom. The van der Waals surface area contributed by atoms with Crippen molar-refractivity contribution in [1.29, 1.82) is 0 Å². The van der Waals surface area contributed by atoms with E-state index in [9.17, 15) is 14.4 Å². The molecule has 0 unspecified atom stereocenters. The zero-order valence-electron chi connectivity index (χ0n) is 12.9. The summed E-state index contributed by atoms with van der Waals surface area (Å²) in [6.07, 6.45) is 2.09. The van der Waals surface area contributed by atoms with Crippen molar-refractivity contribution in [2.45, 2.75) is 52.0 Å². The highest BCUT2D eigenvalue weighted by molar-refractivity contribution is 6.24. The van der Waals surface area contributed by atoms with Crippen LogP contribution in [0.2, 0.25) is 0 Å². The average Bonchev–Trinajstić information content (AvgIpc) is 2.43. The number of aryl methyl sites for hydroxylation is 1. The Kier molecular flexibility index (Phi) is 6.28. The lowest BCUT2D eigenvalue weighted by atomic mass is 9.93. The molecule has 0 aliphatic carbocycles. The van der Waals surface area contributed by atoms with E-state index in [0.717, 1.165) is 5.56 Å². The molecule has 114 valence electrons. The van der Waals surface area contributed by atoms with E-state index in [2.05, 4.69) is 5.32 Å². The minimum absolute atomic E-state index is 0.0425. The molecule has 0 bridgehead atoms. The predicted octanol–water partition coefficient (Wildman–Crippen LogP) is 2.67. The van der Waals surface area contributed by atoms with Crippen molar-refractivity contribution in [1.82, 2.24) is 5.32 Å². The molecule has 4 nitrogen and oxygen atoms in total. The molecule has 0 radical (unpaired) electrons. The lowest BCUT2D eigenvalue weighted by molar-refractivity contribution is -0.130. The number of hydrogen-bond donors (Lipinski definition) is 1. The topological polar surface area (TPSA) is 63.2 Å². The fraction of sp³-hybridized carbons (Fsp3) is 0.471. The van der Waals surface area contributed by atoms with Gasteiger partial charge in [-0.25, -0.2) is 0 Å². The number of carbonyl (C=O) groups is 3. The highest BCUT2D eigenvalue weighted by Gasteiger charge is 2.22. The van der Waals surface area contributed by atoms with Crippen molar-refractivity contribution in [2.75, 3.05) is 0 Å². The molecule has 1 aromatic carbocycles. The van der Waals surface area contributed by atoms with Crippen molar-refractivity contribution >= 4 is 18.0 Å². The summed E-state index contributed by atoms with van der Waals surface area (Å²) in [6, 6.07) is 8.07. The smallest absolute Gasteiger partial charge is 0.220 e. The van der Waals surface area contributed by atoms with Crippen LogP contribution in [0.3, 0.4) is 0 Å². The van der Waals surface area contributed by atoms with Gasteiger partial charge >= 0.3 is 0 Å². The summed E-state index contributed by atoms with van der Waals surface area (Å²) in [5.41, 5.74) is 1.81. The lowest BCUT2D eigenvalue weighted by Gasteiger charge is -2.27. The molecular weight excluding hydrogens is 266 g/mol. The van der Waals surface area contributed by atoms with Gasteiger partial charge in [-0.2, -0.15) is 0 Å². The number of Topliss-reactive ketones (excluding diaryl/α,β-unsaturated/α-hetero) is 1. The highest BCUT2D eigenvalue weighted by Crippen LogP contribution is 2.20. The number of ketones is 1. The molecule has 0 fully saturated rings. The summed E-state index contributed by atoms with van der Waals surface area (Å²) < 4.78 is 0. The summed E-state index contributed by atoms with van der Waals surface area (Å²) >= 11 is 0. The molecule has 1 aromatic rings. The molecule has 0 saturated heterocycles. The first kappa shape index (κ1) is 17.1. The third kappa shape index (κ3) is 5.90. The van der Waals surface area contributed by atoms with Crippen molar-refractivity contribution in [2.24, 2.45) is 0 Å². The van der Waals surface area contributed by atoms with E-state index in [-0.39, 0.29) is 12.3 Å². The molecule has 4 heteroatoms. The monoisotopic (exact) mass is 289 g/mol. The minimum atomic E-state index is -0.427. The van der Waals surface area contributed by atoms with E-state index in [1.54, 1.807) is 0 Å². The van der Waals surface area contributed by atoms with Crippen LogP contribution in [0.1, 0.15) is 50.7 Å². The van der Waals surface area contributed by atoms with Gasteiger partial charge in [0.2, 0.25) is 5.91 Å². The molecule has 1 rings (SSSR count). The first-order valence-corrected chi connectivity index (χ1v) is 7.21. The number of aldehydes is 1. The van der Waals surface area contributed by atoms with Crippen LogP contribution in [0, 0.1) is 6.92 Å². The zero-order valence-corrected chi connectivity index (χ0v) is 12.9. The van der Waals surface area contributed by atoms with Gasteiger partial charge in [-0.1, -0.05) is 29.8 Å². The van der Waals surface area contributed by atoms with Gasteiger partial charge in [0.1, 0.15) is 0 Å².